The third kappa shape index (κ3) is 1.19. The van der Waals surface area contributed by atoms with Gasteiger partial charge in [0.25, 0.3) is 0 Å². The number of fused-ring (bicyclic) bond motifs is 2. The van der Waals surface area contributed by atoms with Gasteiger partial charge in [-0.2, -0.15) is 0 Å². The molecule has 1 unspecified atom stereocenters. The molecule has 0 saturated carbocycles. The lowest BCUT2D eigenvalue weighted by atomic mass is 10.1. The predicted octanol–water partition coefficient (Wildman–Crippen LogP) is 2.88. The van der Waals surface area contributed by atoms with Crippen molar-refractivity contribution in [3.05, 3.63) is 33.8 Å². The van der Waals surface area contributed by atoms with Crippen molar-refractivity contribution in [2.45, 2.75) is 17.7 Å². The zero-order chi connectivity index (χ0) is 9.60. The van der Waals surface area contributed by atoms with Gasteiger partial charge in [0.1, 0.15) is 0 Å². The molecule has 1 N–H and O–H groups in total. The van der Waals surface area contributed by atoms with Gasteiger partial charge in [-0.05, 0) is 30.0 Å². The van der Waals surface area contributed by atoms with Crippen molar-refractivity contribution in [1.29, 1.82) is 0 Å². The van der Waals surface area contributed by atoms with Gasteiger partial charge in [0.05, 0.1) is 4.87 Å². The molecule has 2 aliphatic rings. The Kier molecular flexibility index (Phi) is 2.15. The Morgan fingerprint density at radius 3 is 3.14 bits per heavy atom. The van der Waals surface area contributed by atoms with Gasteiger partial charge in [0, 0.05) is 16.8 Å². The summed E-state index contributed by atoms with van der Waals surface area (Å²) in [6, 6.07) is 6.58. The third-order valence-corrected chi connectivity index (χ3v) is 5.35. The van der Waals surface area contributed by atoms with E-state index in [1.165, 1.54) is 34.2 Å². The first-order valence-electron chi connectivity index (χ1n) is 4.99. The molecular weight excluding hydrogens is 258 g/mol. The molecule has 1 spiro atoms. The summed E-state index contributed by atoms with van der Waals surface area (Å²) < 4.78 is 1.28. The van der Waals surface area contributed by atoms with Gasteiger partial charge in [-0.3, -0.25) is 5.32 Å². The van der Waals surface area contributed by atoms with E-state index < -0.39 is 0 Å². The van der Waals surface area contributed by atoms with Crippen LogP contribution in [0.4, 0.5) is 0 Å². The van der Waals surface area contributed by atoms with E-state index in [9.17, 15) is 0 Å². The maximum atomic E-state index is 3.66. The number of rotatable bonds is 0. The monoisotopic (exact) mass is 269 g/mol. The van der Waals surface area contributed by atoms with Gasteiger partial charge in [-0.25, -0.2) is 0 Å². The summed E-state index contributed by atoms with van der Waals surface area (Å²) in [7, 11) is 0. The first-order chi connectivity index (χ1) is 6.82. The Morgan fingerprint density at radius 2 is 2.36 bits per heavy atom. The summed E-state index contributed by atoms with van der Waals surface area (Å²) >= 11 is 5.71. The highest BCUT2D eigenvalue weighted by Gasteiger charge is 2.41. The molecule has 1 aliphatic carbocycles. The fourth-order valence-corrected chi connectivity index (χ4v) is 4.40. The molecule has 1 fully saturated rings. The second-order valence-corrected chi connectivity index (χ2v) is 6.12. The molecule has 1 aromatic carbocycles. The van der Waals surface area contributed by atoms with E-state index in [0.29, 0.717) is 0 Å². The fourth-order valence-electron chi connectivity index (χ4n) is 2.49. The van der Waals surface area contributed by atoms with Crippen LogP contribution in [0, 0.1) is 0 Å². The molecule has 1 aliphatic heterocycles. The maximum absolute atomic E-state index is 3.66. The summed E-state index contributed by atoms with van der Waals surface area (Å²) in [5.41, 5.74) is 3.02. The number of hydrogen-bond acceptors (Lipinski definition) is 2. The van der Waals surface area contributed by atoms with Crippen molar-refractivity contribution >= 4 is 27.7 Å². The molecule has 3 rings (SSSR count). The van der Waals surface area contributed by atoms with Gasteiger partial charge in [0.2, 0.25) is 0 Å². The Labute approximate surface area is 96.8 Å². The van der Waals surface area contributed by atoms with Crippen molar-refractivity contribution in [3.8, 4) is 0 Å². The molecule has 1 aromatic rings. The summed E-state index contributed by atoms with van der Waals surface area (Å²) in [6.45, 7) is 1.15. The molecule has 0 aromatic heterocycles. The van der Waals surface area contributed by atoms with E-state index in [0.717, 1.165) is 6.54 Å². The van der Waals surface area contributed by atoms with Crippen LogP contribution in [0.3, 0.4) is 0 Å². The Bertz CT molecular complexity index is 372. The first-order valence-corrected chi connectivity index (χ1v) is 6.77. The van der Waals surface area contributed by atoms with Gasteiger partial charge >= 0.3 is 0 Å². The van der Waals surface area contributed by atoms with Crippen LogP contribution in [0.25, 0.3) is 0 Å². The normalized spacial score (nSPS) is 29.8. The summed E-state index contributed by atoms with van der Waals surface area (Å²) in [6.07, 6.45) is 2.45. The van der Waals surface area contributed by atoms with Crippen molar-refractivity contribution in [1.82, 2.24) is 5.32 Å². The molecule has 0 bridgehead atoms. The van der Waals surface area contributed by atoms with Crippen LogP contribution >= 0.6 is 27.7 Å². The van der Waals surface area contributed by atoms with Gasteiger partial charge in [-0.15, -0.1) is 11.8 Å². The molecule has 74 valence electrons. The van der Waals surface area contributed by atoms with Gasteiger partial charge < -0.3 is 0 Å². The van der Waals surface area contributed by atoms with Crippen LogP contribution < -0.4 is 5.32 Å². The first kappa shape index (κ1) is 9.25. The standard InChI is InChI=1S/C11H12BrNS/c12-10-3-1-2-9-8(10)4-5-11(9)13-6-7-14-11/h1-3,13H,4-7H2. The fraction of sp³-hybridized carbons (Fsp3) is 0.455. The van der Waals surface area contributed by atoms with Crippen LogP contribution in [0.2, 0.25) is 0 Å². The second-order valence-electron chi connectivity index (χ2n) is 3.87. The van der Waals surface area contributed by atoms with E-state index >= 15 is 0 Å². The summed E-state index contributed by atoms with van der Waals surface area (Å²) in [5, 5.41) is 3.66. The quantitative estimate of drug-likeness (QED) is 0.778. The zero-order valence-electron chi connectivity index (χ0n) is 7.85. The smallest absolute Gasteiger partial charge is 0.0908 e. The van der Waals surface area contributed by atoms with Gasteiger partial charge in [0.15, 0.2) is 0 Å². The highest BCUT2D eigenvalue weighted by Crippen LogP contribution is 2.49. The lowest BCUT2D eigenvalue weighted by molar-refractivity contribution is 0.522. The highest BCUT2D eigenvalue weighted by molar-refractivity contribution is 9.10. The Balaban J connectivity index is 2.14. The number of hydrogen-bond donors (Lipinski definition) is 1. The van der Waals surface area contributed by atoms with Gasteiger partial charge in [-0.1, -0.05) is 28.1 Å². The molecule has 1 nitrogen and oxygen atoms in total. The van der Waals surface area contributed by atoms with E-state index in [1.54, 1.807) is 0 Å². The molecule has 0 amide bonds. The lowest BCUT2D eigenvalue weighted by Crippen LogP contribution is -2.31. The predicted molar refractivity (Wildman–Crippen MR) is 64.6 cm³/mol. The molecule has 14 heavy (non-hydrogen) atoms. The van der Waals surface area contributed by atoms with Crippen LogP contribution in [-0.2, 0) is 11.3 Å². The minimum atomic E-state index is 0.249. The molecule has 3 heteroatoms. The van der Waals surface area contributed by atoms with Crippen molar-refractivity contribution in [2.75, 3.05) is 12.3 Å². The average Bonchev–Trinajstić information content (AvgIpc) is 2.78. The highest BCUT2D eigenvalue weighted by atomic mass is 79.9. The molecule has 0 radical (unpaired) electrons. The lowest BCUT2D eigenvalue weighted by Gasteiger charge is -2.24. The zero-order valence-corrected chi connectivity index (χ0v) is 10.2. The summed E-state index contributed by atoms with van der Waals surface area (Å²) in [5.74, 6) is 1.24. The average molecular weight is 270 g/mol. The molecule has 1 atom stereocenters. The maximum Gasteiger partial charge on any atom is 0.0908 e. The minimum absolute atomic E-state index is 0.249. The van der Waals surface area contributed by atoms with Crippen LogP contribution in [0.5, 0.6) is 0 Å². The second kappa shape index (κ2) is 3.26. The van der Waals surface area contributed by atoms with E-state index in [2.05, 4.69) is 51.2 Å². The van der Waals surface area contributed by atoms with Crippen LogP contribution in [0.15, 0.2) is 22.7 Å². The molecular formula is C11H12BrNS. The SMILES string of the molecule is Brc1cccc2c1CCC21NCCS1. The van der Waals surface area contributed by atoms with Crippen LogP contribution in [-0.4, -0.2) is 12.3 Å². The van der Waals surface area contributed by atoms with Crippen molar-refractivity contribution in [2.24, 2.45) is 0 Å². The molecule has 1 heterocycles. The summed E-state index contributed by atoms with van der Waals surface area (Å²) in [4.78, 5) is 0.249. The van der Waals surface area contributed by atoms with Crippen molar-refractivity contribution in [3.63, 3.8) is 0 Å². The van der Waals surface area contributed by atoms with E-state index in [-0.39, 0.29) is 4.87 Å². The third-order valence-electron chi connectivity index (χ3n) is 3.14. The topological polar surface area (TPSA) is 12.0 Å². The number of nitrogens with one attached hydrogen (secondary N) is 1. The Hall–Kier alpha value is 0.01000. The largest absolute Gasteiger partial charge is 0.298 e. The van der Waals surface area contributed by atoms with Crippen molar-refractivity contribution < 1.29 is 0 Å². The van der Waals surface area contributed by atoms with E-state index in [1.807, 2.05) is 0 Å². The number of thioether (sulfide) groups is 1. The van der Waals surface area contributed by atoms with E-state index in [4.69, 9.17) is 0 Å². The minimum Gasteiger partial charge on any atom is -0.298 e. The Morgan fingerprint density at radius 1 is 1.43 bits per heavy atom. The number of benzene rings is 1. The molecule has 1 saturated heterocycles. The number of halogens is 1. The van der Waals surface area contributed by atoms with Crippen LogP contribution in [0.1, 0.15) is 17.5 Å².